The molecule has 0 aliphatic heterocycles. The third kappa shape index (κ3) is 3.47. The molecular weight excluding hydrogens is 294 g/mol. The van der Waals surface area contributed by atoms with Crippen molar-refractivity contribution < 1.29 is 17.6 Å². The van der Waals surface area contributed by atoms with Crippen molar-refractivity contribution in [1.29, 1.82) is 0 Å². The van der Waals surface area contributed by atoms with Crippen molar-refractivity contribution >= 4 is 15.9 Å². The van der Waals surface area contributed by atoms with Gasteiger partial charge in [0.1, 0.15) is 6.26 Å². The highest BCUT2D eigenvalue weighted by Gasteiger charge is 2.17. The Bertz CT molecular complexity index is 706. The highest BCUT2D eigenvalue weighted by Crippen LogP contribution is 2.14. The van der Waals surface area contributed by atoms with Crippen molar-refractivity contribution in [2.75, 3.05) is 14.1 Å². The summed E-state index contributed by atoms with van der Waals surface area (Å²) in [5.41, 5.74) is 0.978. The summed E-state index contributed by atoms with van der Waals surface area (Å²) in [5.74, 6) is -0.313. The molecule has 0 saturated heterocycles. The molecule has 1 heterocycles. The molecule has 0 spiro atoms. The number of sulfonamides is 1. The largest absolute Gasteiger partial charge is 0.451 e. The van der Waals surface area contributed by atoms with Gasteiger partial charge >= 0.3 is 0 Å². The molecule has 0 radical (unpaired) electrons. The first kappa shape index (κ1) is 15.2. The number of carbonyl (C=O) groups excluding carboxylic acids is 1. The minimum atomic E-state index is -3.49. The summed E-state index contributed by atoms with van der Waals surface area (Å²) in [6.07, 6.45) is 2.72. The van der Waals surface area contributed by atoms with Gasteiger partial charge < -0.3 is 9.73 Å². The lowest BCUT2D eigenvalue weighted by Crippen LogP contribution is -2.24. The van der Waals surface area contributed by atoms with Gasteiger partial charge in [-0.15, -0.1) is 0 Å². The molecule has 0 atom stereocenters. The Labute approximate surface area is 122 Å². The first-order valence-electron chi connectivity index (χ1n) is 6.09. The third-order valence-electron chi connectivity index (χ3n) is 2.81. The molecule has 0 fully saturated rings. The lowest BCUT2D eigenvalue weighted by atomic mass is 10.2. The number of nitrogens with one attached hydrogen (secondary N) is 1. The quantitative estimate of drug-likeness (QED) is 0.884. The Hall–Kier alpha value is -2.19. The van der Waals surface area contributed by atoms with Crippen molar-refractivity contribution in [3.8, 4) is 0 Å². The third-order valence-corrected chi connectivity index (χ3v) is 4.64. The Kier molecular flexibility index (Phi) is 4.39. The second-order valence-electron chi connectivity index (χ2n) is 4.47. The minimum Gasteiger partial charge on any atom is -0.451 e. The van der Waals surface area contributed by atoms with Crippen molar-refractivity contribution in [2.45, 2.75) is 11.4 Å². The van der Waals surface area contributed by atoms with E-state index in [0.717, 1.165) is 4.31 Å². The minimum absolute atomic E-state index is 0.139. The molecule has 0 unspecified atom stereocenters. The van der Waals surface area contributed by atoms with Crippen LogP contribution in [0.2, 0.25) is 0 Å². The smallest absolute Gasteiger partial charge is 0.251 e. The van der Waals surface area contributed by atoms with Gasteiger partial charge in [0.05, 0.1) is 17.1 Å². The Morgan fingerprint density at radius 1 is 1.29 bits per heavy atom. The molecule has 1 N–H and O–H groups in total. The van der Waals surface area contributed by atoms with Crippen LogP contribution in [0.3, 0.4) is 0 Å². The predicted molar refractivity (Wildman–Crippen MR) is 75.0 cm³/mol. The van der Waals surface area contributed by atoms with E-state index < -0.39 is 10.0 Å². The Balaban J connectivity index is 2.07. The van der Waals surface area contributed by atoms with Crippen LogP contribution in [0.25, 0.3) is 0 Å². The maximum atomic E-state index is 11.9. The number of nitrogens with zero attached hydrogens (tertiary/aromatic N) is 2. The van der Waals surface area contributed by atoms with Gasteiger partial charge in [0.25, 0.3) is 5.91 Å². The van der Waals surface area contributed by atoms with Gasteiger partial charge in [-0.3, -0.25) is 4.79 Å². The van der Waals surface area contributed by atoms with Gasteiger partial charge in [-0.1, -0.05) is 0 Å². The van der Waals surface area contributed by atoms with Crippen molar-refractivity contribution in [3.05, 3.63) is 48.2 Å². The van der Waals surface area contributed by atoms with Gasteiger partial charge in [-0.25, -0.2) is 17.7 Å². The van der Waals surface area contributed by atoms with Gasteiger partial charge in [-0.2, -0.15) is 0 Å². The number of benzene rings is 1. The summed E-state index contributed by atoms with van der Waals surface area (Å²) in [4.78, 5) is 15.9. The van der Waals surface area contributed by atoms with Gasteiger partial charge in [0, 0.05) is 19.7 Å². The van der Waals surface area contributed by atoms with E-state index in [0.29, 0.717) is 11.3 Å². The van der Waals surface area contributed by atoms with Crippen LogP contribution in [-0.2, 0) is 16.6 Å². The molecule has 8 heteroatoms. The van der Waals surface area contributed by atoms with Gasteiger partial charge in [0.15, 0.2) is 6.39 Å². The molecule has 0 saturated carbocycles. The molecule has 7 nitrogen and oxygen atoms in total. The van der Waals surface area contributed by atoms with E-state index >= 15 is 0 Å². The molecule has 2 rings (SSSR count). The van der Waals surface area contributed by atoms with E-state index in [-0.39, 0.29) is 17.3 Å². The number of carbonyl (C=O) groups is 1. The first-order valence-corrected chi connectivity index (χ1v) is 7.53. The van der Waals surface area contributed by atoms with Crippen molar-refractivity contribution in [3.63, 3.8) is 0 Å². The molecule has 0 aliphatic rings. The fraction of sp³-hybridized carbons (Fsp3) is 0.231. The maximum absolute atomic E-state index is 11.9. The number of amides is 1. The Morgan fingerprint density at radius 3 is 2.48 bits per heavy atom. The lowest BCUT2D eigenvalue weighted by Gasteiger charge is -2.11. The average Bonchev–Trinajstić information content (AvgIpc) is 2.98. The van der Waals surface area contributed by atoms with Crippen LogP contribution in [0.15, 0.2) is 46.2 Å². The number of rotatable bonds is 5. The standard InChI is InChI=1S/C13H15N3O4S/c1-16(2)21(18,19)12-5-3-10(4-6-12)13(17)14-7-11-8-20-9-15-11/h3-6,8-9H,7H2,1-2H3,(H,14,17). The summed E-state index contributed by atoms with van der Waals surface area (Å²) in [7, 11) is -0.583. The number of hydrogen-bond donors (Lipinski definition) is 1. The fourth-order valence-electron chi connectivity index (χ4n) is 1.59. The molecule has 0 bridgehead atoms. The normalized spacial score (nSPS) is 11.6. The summed E-state index contributed by atoms with van der Waals surface area (Å²) in [6, 6.07) is 5.74. The molecule has 2 aromatic rings. The molecule has 1 amide bonds. The zero-order chi connectivity index (χ0) is 15.5. The maximum Gasteiger partial charge on any atom is 0.251 e. The van der Waals surface area contributed by atoms with Crippen molar-refractivity contribution in [2.24, 2.45) is 0 Å². The van der Waals surface area contributed by atoms with E-state index in [9.17, 15) is 13.2 Å². The summed E-state index contributed by atoms with van der Waals surface area (Å²) in [5, 5.41) is 2.66. The van der Waals surface area contributed by atoms with Crippen LogP contribution >= 0.6 is 0 Å². The molecule has 112 valence electrons. The van der Waals surface area contributed by atoms with Crippen LogP contribution in [0.5, 0.6) is 0 Å². The van der Waals surface area contributed by atoms with Crippen LogP contribution in [0.4, 0.5) is 0 Å². The first-order chi connectivity index (χ1) is 9.91. The number of aromatic nitrogens is 1. The molecular formula is C13H15N3O4S. The highest BCUT2D eigenvalue weighted by atomic mass is 32.2. The van der Waals surface area contributed by atoms with E-state index in [2.05, 4.69) is 10.3 Å². The van der Waals surface area contributed by atoms with E-state index in [1.807, 2.05) is 0 Å². The van der Waals surface area contributed by atoms with Crippen LogP contribution in [-0.4, -0.2) is 37.7 Å². The average molecular weight is 309 g/mol. The van der Waals surface area contributed by atoms with Gasteiger partial charge in [0.2, 0.25) is 10.0 Å². The second kappa shape index (κ2) is 6.06. The van der Waals surface area contributed by atoms with E-state index in [4.69, 9.17) is 4.42 Å². The molecule has 21 heavy (non-hydrogen) atoms. The van der Waals surface area contributed by atoms with Crippen LogP contribution in [0, 0.1) is 0 Å². The monoisotopic (exact) mass is 309 g/mol. The van der Waals surface area contributed by atoms with Crippen LogP contribution in [0.1, 0.15) is 16.1 Å². The van der Waals surface area contributed by atoms with Crippen molar-refractivity contribution in [1.82, 2.24) is 14.6 Å². The SMILES string of the molecule is CN(C)S(=O)(=O)c1ccc(C(=O)NCc2cocn2)cc1. The fourth-order valence-corrected chi connectivity index (χ4v) is 2.49. The Morgan fingerprint density at radius 2 is 1.95 bits per heavy atom. The summed E-state index contributed by atoms with van der Waals surface area (Å²) < 4.78 is 29.7. The number of hydrogen-bond acceptors (Lipinski definition) is 5. The number of oxazole rings is 1. The van der Waals surface area contributed by atoms with Gasteiger partial charge in [-0.05, 0) is 24.3 Å². The second-order valence-corrected chi connectivity index (χ2v) is 6.63. The zero-order valence-corrected chi connectivity index (χ0v) is 12.4. The summed E-state index contributed by atoms with van der Waals surface area (Å²) >= 11 is 0. The lowest BCUT2D eigenvalue weighted by molar-refractivity contribution is 0.0950. The molecule has 1 aromatic heterocycles. The van der Waals surface area contributed by atoms with E-state index in [1.165, 1.54) is 51.0 Å². The topological polar surface area (TPSA) is 92.5 Å². The molecule has 0 aliphatic carbocycles. The van der Waals surface area contributed by atoms with E-state index in [1.54, 1.807) is 0 Å². The van der Waals surface area contributed by atoms with Crippen LogP contribution < -0.4 is 5.32 Å². The predicted octanol–water partition coefficient (Wildman–Crippen LogP) is 0.855. The zero-order valence-electron chi connectivity index (χ0n) is 11.6. The highest BCUT2D eigenvalue weighted by molar-refractivity contribution is 7.89. The molecule has 1 aromatic carbocycles. The summed E-state index contributed by atoms with van der Waals surface area (Å²) in [6.45, 7) is 0.243.